The molecular weight excluding hydrogens is 601 g/mol. The molecule has 0 unspecified atom stereocenters. The summed E-state index contributed by atoms with van der Waals surface area (Å²) in [5.74, 6) is -0.343. The Labute approximate surface area is 255 Å². The van der Waals surface area contributed by atoms with Crippen LogP contribution in [-0.4, -0.2) is 45.2 Å². The first-order valence-electron chi connectivity index (χ1n) is 13.1. The van der Waals surface area contributed by atoms with Crippen LogP contribution in [0.3, 0.4) is 0 Å². The highest BCUT2D eigenvalue weighted by Crippen LogP contribution is 2.34. The van der Waals surface area contributed by atoms with Gasteiger partial charge in [0.15, 0.2) is 5.15 Å². The molecule has 5 heterocycles. The van der Waals surface area contributed by atoms with E-state index in [0.717, 1.165) is 11.3 Å². The first kappa shape index (κ1) is 28.1. The third kappa shape index (κ3) is 5.19. The van der Waals surface area contributed by atoms with Gasteiger partial charge in [-0.15, -0.1) is 5.10 Å². The summed E-state index contributed by atoms with van der Waals surface area (Å²) in [6.07, 6.45) is 8.11. The number of amides is 1. The minimum absolute atomic E-state index is 0.0869. The second kappa shape index (κ2) is 11.3. The quantitative estimate of drug-likeness (QED) is 0.277. The van der Waals surface area contributed by atoms with E-state index in [1.165, 1.54) is 21.8 Å². The van der Waals surface area contributed by atoms with Gasteiger partial charge >= 0.3 is 0 Å². The number of halogens is 3. The fraction of sp³-hybridized carbons (Fsp3) is 0.250. The Morgan fingerprint density at radius 1 is 1.05 bits per heavy atom. The van der Waals surface area contributed by atoms with E-state index in [2.05, 4.69) is 30.7 Å². The predicted molar refractivity (Wildman–Crippen MR) is 160 cm³/mol. The van der Waals surface area contributed by atoms with E-state index in [1.54, 1.807) is 35.3 Å². The summed E-state index contributed by atoms with van der Waals surface area (Å²) in [6.45, 7) is 1.88. The number of hydrogen-bond donors (Lipinski definition) is 1. The number of nitrogens with one attached hydrogen (secondary N) is 1. The Morgan fingerprint density at radius 3 is 2.67 bits per heavy atom. The average molecular weight is 625 g/mol. The summed E-state index contributed by atoms with van der Waals surface area (Å²) < 4.78 is 4.66. The monoisotopic (exact) mass is 623 g/mol. The third-order valence-corrected chi connectivity index (χ3v) is 8.11. The standard InChI is InChI=1S/C28H24Cl3N9O2/c1-15-4-3-5-22(19-10-16(8-9-32-19)26-20(35-27(15)41)12-34-38(26)2)39-14-33-25(24(31)28(39)42)18-11-17(29)6-7-21(18)40-13-23(30)36-37-40/h6-15,22H,3-5H2,1-2H3,(H,35,41)/t15-,22+/m1/s1. The highest BCUT2D eigenvalue weighted by molar-refractivity contribution is 6.33. The Kier molecular flexibility index (Phi) is 7.56. The van der Waals surface area contributed by atoms with Crippen molar-refractivity contribution in [2.75, 3.05) is 5.32 Å². The first-order chi connectivity index (χ1) is 20.2. The molecule has 214 valence electrons. The zero-order chi connectivity index (χ0) is 29.5. The van der Waals surface area contributed by atoms with Crippen molar-refractivity contribution in [1.29, 1.82) is 0 Å². The minimum atomic E-state index is -0.490. The van der Waals surface area contributed by atoms with Crippen LogP contribution in [-0.2, 0) is 11.8 Å². The number of fused-ring (bicyclic) bond motifs is 4. The molecule has 0 radical (unpaired) electrons. The molecule has 14 heteroatoms. The van der Waals surface area contributed by atoms with Crippen LogP contribution in [0.2, 0.25) is 15.2 Å². The average Bonchev–Trinajstić information content (AvgIpc) is 3.57. The van der Waals surface area contributed by atoms with Crippen molar-refractivity contribution in [2.24, 2.45) is 13.0 Å². The Bertz CT molecular complexity index is 1880. The van der Waals surface area contributed by atoms with E-state index >= 15 is 0 Å². The summed E-state index contributed by atoms with van der Waals surface area (Å²) in [5.41, 5.74) is 3.63. The van der Waals surface area contributed by atoms with Gasteiger partial charge in [0, 0.05) is 35.3 Å². The van der Waals surface area contributed by atoms with E-state index in [4.69, 9.17) is 34.8 Å². The summed E-state index contributed by atoms with van der Waals surface area (Å²) >= 11 is 19.1. The summed E-state index contributed by atoms with van der Waals surface area (Å²) in [5, 5.41) is 15.8. The highest BCUT2D eigenvalue weighted by Gasteiger charge is 2.25. The molecule has 11 nitrogen and oxygen atoms in total. The largest absolute Gasteiger partial charge is 0.323 e. The van der Waals surface area contributed by atoms with E-state index in [1.807, 2.05) is 26.1 Å². The van der Waals surface area contributed by atoms with Gasteiger partial charge in [0.25, 0.3) is 5.56 Å². The molecular formula is C28H24Cl3N9O2. The molecule has 0 saturated heterocycles. The lowest BCUT2D eigenvalue weighted by atomic mass is 9.97. The van der Waals surface area contributed by atoms with Gasteiger partial charge in [-0.25, -0.2) is 9.67 Å². The minimum Gasteiger partial charge on any atom is -0.323 e. The van der Waals surface area contributed by atoms with Crippen LogP contribution in [0.4, 0.5) is 5.69 Å². The van der Waals surface area contributed by atoms with Crippen molar-refractivity contribution in [3.63, 3.8) is 0 Å². The molecule has 1 aromatic carbocycles. The number of pyridine rings is 1. The molecule has 2 atom stereocenters. The molecule has 2 bridgehead atoms. The molecule has 1 N–H and O–H groups in total. The van der Waals surface area contributed by atoms with Crippen LogP contribution in [0.25, 0.3) is 28.2 Å². The zero-order valence-electron chi connectivity index (χ0n) is 22.5. The molecule has 6 rings (SSSR count). The lowest BCUT2D eigenvalue weighted by Crippen LogP contribution is -2.28. The number of benzene rings is 1. The van der Waals surface area contributed by atoms with Crippen LogP contribution in [0.1, 0.15) is 37.9 Å². The van der Waals surface area contributed by atoms with Crippen LogP contribution in [0.5, 0.6) is 0 Å². The van der Waals surface area contributed by atoms with E-state index in [9.17, 15) is 9.59 Å². The molecule has 1 aliphatic heterocycles. The fourth-order valence-electron chi connectivity index (χ4n) is 5.20. The molecule has 4 aromatic heterocycles. The second-order valence-corrected chi connectivity index (χ2v) is 11.3. The number of rotatable bonds is 3. The number of anilines is 1. The normalized spacial score (nSPS) is 17.2. The maximum atomic E-state index is 13.9. The van der Waals surface area contributed by atoms with Crippen LogP contribution >= 0.6 is 34.8 Å². The van der Waals surface area contributed by atoms with Gasteiger partial charge in [0.05, 0.1) is 53.2 Å². The number of hydrogen-bond acceptors (Lipinski definition) is 7. The summed E-state index contributed by atoms with van der Waals surface area (Å²) in [4.78, 5) is 36.1. The lowest BCUT2D eigenvalue weighted by Gasteiger charge is -2.22. The van der Waals surface area contributed by atoms with Gasteiger partial charge in [-0.2, -0.15) is 5.10 Å². The molecule has 5 aromatic rings. The van der Waals surface area contributed by atoms with E-state index in [0.29, 0.717) is 46.9 Å². The highest BCUT2D eigenvalue weighted by atomic mass is 35.5. The molecule has 1 aliphatic rings. The zero-order valence-corrected chi connectivity index (χ0v) is 24.8. The fourth-order valence-corrected chi connectivity index (χ4v) is 5.74. The van der Waals surface area contributed by atoms with Gasteiger partial charge in [-0.1, -0.05) is 53.4 Å². The second-order valence-electron chi connectivity index (χ2n) is 10.1. The van der Waals surface area contributed by atoms with Gasteiger partial charge in [0.1, 0.15) is 5.02 Å². The Hall–Kier alpha value is -4.06. The van der Waals surface area contributed by atoms with Crippen molar-refractivity contribution >= 4 is 46.4 Å². The number of aryl methyl sites for hydroxylation is 1. The molecule has 42 heavy (non-hydrogen) atoms. The van der Waals surface area contributed by atoms with Crippen molar-refractivity contribution in [3.05, 3.63) is 86.5 Å². The number of aromatic nitrogens is 8. The molecule has 0 fully saturated rings. The van der Waals surface area contributed by atoms with Gasteiger partial charge in [0.2, 0.25) is 5.91 Å². The first-order valence-corrected chi connectivity index (χ1v) is 14.3. The Balaban J connectivity index is 1.47. The van der Waals surface area contributed by atoms with E-state index in [-0.39, 0.29) is 27.7 Å². The maximum Gasteiger partial charge on any atom is 0.273 e. The van der Waals surface area contributed by atoms with Crippen molar-refractivity contribution in [2.45, 2.75) is 32.2 Å². The van der Waals surface area contributed by atoms with Crippen LogP contribution in [0.15, 0.2) is 60.0 Å². The maximum absolute atomic E-state index is 13.9. The van der Waals surface area contributed by atoms with Crippen molar-refractivity contribution in [1.82, 2.24) is 39.3 Å². The number of carbonyl (C=O) groups excluding carboxylic acids is 1. The Morgan fingerprint density at radius 2 is 1.88 bits per heavy atom. The molecule has 0 aliphatic carbocycles. The smallest absolute Gasteiger partial charge is 0.273 e. The third-order valence-electron chi connectivity index (χ3n) is 7.36. The lowest BCUT2D eigenvalue weighted by molar-refractivity contribution is -0.119. The van der Waals surface area contributed by atoms with Gasteiger partial charge in [-0.3, -0.25) is 23.8 Å². The van der Waals surface area contributed by atoms with Crippen LogP contribution < -0.4 is 10.9 Å². The predicted octanol–water partition coefficient (Wildman–Crippen LogP) is 5.59. The van der Waals surface area contributed by atoms with Crippen molar-refractivity contribution < 1.29 is 4.79 Å². The number of carbonyl (C=O) groups is 1. The van der Waals surface area contributed by atoms with Gasteiger partial charge in [-0.05, 0) is 43.2 Å². The summed E-state index contributed by atoms with van der Waals surface area (Å²) in [7, 11) is 1.81. The topological polar surface area (TPSA) is 125 Å². The molecule has 0 saturated carbocycles. The van der Waals surface area contributed by atoms with E-state index < -0.39 is 11.6 Å². The summed E-state index contributed by atoms with van der Waals surface area (Å²) in [6, 6.07) is 8.32. The van der Waals surface area contributed by atoms with Crippen LogP contribution in [0, 0.1) is 5.92 Å². The molecule has 0 spiro atoms. The SMILES string of the molecule is C[C@@H]1CCC[C@H](n2cnc(-c3cc(Cl)ccc3-n3cc(Cl)nn3)c(Cl)c2=O)c2cc(ccn2)-c2c(cnn2C)NC1=O. The number of nitrogens with zero attached hydrogens (tertiary/aromatic N) is 8. The van der Waals surface area contributed by atoms with Gasteiger partial charge < -0.3 is 5.32 Å². The van der Waals surface area contributed by atoms with Crippen molar-refractivity contribution in [3.8, 4) is 28.2 Å². The molecule has 1 amide bonds.